The number of aryl methyl sites for hydroxylation is 1. The largest absolute Gasteiger partial charge is 1.00 e. The number of aliphatic imine (C=N–C) groups is 1. The Morgan fingerprint density at radius 2 is 1.74 bits per heavy atom. The van der Waals surface area contributed by atoms with Crippen LogP contribution in [0.15, 0.2) is 108 Å². The van der Waals surface area contributed by atoms with Gasteiger partial charge in [-0.1, -0.05) is 91.6 Å². The van der Waals surface area contributed by atoms with Crippen molar-refractivity contribution in [1.29, 1.82) is 0 Å². The van der Waals surface area contributed by atoms with E-state index in [2.05, 4.69) is 30.9 Å². The summed E-state index contributed by atoms with van der Waals surface area (Å²) in [6, 6.07) is 29.2. The maximum Gasteiger partial charge on any atom is 1.00 e. The second kappa shape index (κ2) is 22.2. The fourth-order valence-corrected chi connectivity index (χ4v) is 15.1. The van der Waals surface area contributed by atoms with E-state index in [9.17, 15) is 33.4 Å². The second-order valence-corrected chi connectivity index (χ2v) is 23.8. The monoisotopic (exact) mass is 1020 g/mol. The number of aromatic hydroxyl groups is 1. The van der Waals surface area contributed by atoms with Gasteiger partial charge in [0.2, 0.25) is 5.72 Å². The van der Waals surface area contributed by atoms with Crippen LogP contribution in [0.3, 0.4) is 0 Å². The quantitative estimate of drug-likeness (QED) is 0.0280. The Hall–Kier alpha value is -4.20. The molecule has 4 aromatic carbocycles. The van der Waals surface area contributed by atoms with Crippen molar-refractivity contribution in [3.8, 4) is 23.3 Å². The molecular weight excluding hydrogens is 950 g/mol. The third-order valence-corrected chi connectivity index (χ3v) is 18.8. The van der Waals surface area contributed by atoms with E-state index in [4.69, 9.17) is 25.9 Å². The van der Waals surface area contributed by atoms with E-state index in [-0.39, 0.29) is 109 Å². The minimum Gasteiger partial charge on any atom is -0.748 e. The van der Waals surface area contributed by atoms with Crippen LogP contribution in [0.25, 0.3) is 0 Å². The van der Waals surface area contributed by atoms with Gasteiger partial charge in [0.25, 0.3) is 0 Å². The molecule has 10 bridgehead atoms. The van der Waals surface area contributed by atoms with Gasteiger partial charge < -0.3 is 45.9 Å². The van der Waals surface area contributed by atoms with Crippen LogP contribution < -0.4 is 45.8 Å². The first-order valence-electron chi connectivity index (χ1n) is 26.3. The molecule has 1 saturated heterocycles. The van der Waals surface area contributed by atoms with Gasteiger partial charge in [-0.05, 0) is 176 Å². The summed E-state index contributed by atoms with van der Waals surface area (Å²) in [4.78, 5) is 5.06. The van der Waals surface area contributed by atoms with Gasteiger partial charge in [-0.3, -0.25) is 0 Å². The van der Waals surface area contributed by atoms with Crippen LogP contribution in [0.2, 0.25) is 0 Å². The molecule has 4 aromatic rings. The fraction of sp³-hybridized carbons (Fsp3) is 0.508. The molecule has 2 fully saturated rings. The van der Waals surface area contributed by atoms with E-state index >= 15 is 0 Å². The molecule has 0 amide bonds. The van der Waals surface area contributed by atoms with Crippen molar-refractivity contribution >= 4 is 16.1 Å². The SMILES string of the molecule is C[C@@H]1CCc2cc3ccc2[C@H]1C[C@@H](S(=O)(=O)[O-])[C@H]1C=C2C[C@H](C[C@H]4C[C@@H](CO)CC#Cc5cc(O)ccc5[C@@H]2O4)[C@@H]1c1ccc(cc1)[C@](C[C@@H](Cc1ccccc1)[C@]1(O)CC[C@H](CCCO)C1)(N=C(N)N)O3.[Na+]. The normalized spacial score (nSPS) is 31.8. The van der Waals surface area contributed by atoms with Crippen molar-refractivity contribution in [2.45, 2.75) is 137 Å². The molecule has 5 aliphatic heterocycles. The predicted molar refractivity (Wildman–Crippen MR) is 276 cm³/mol. The number of nitrogens with two attached hydrogens (primary N) is 2. The van der Waals surface area contributed by atoms with Gasteiger partial charge in [0.05, 0.1) is 27.1 Å². The summed E-state index contributed by atoms with van der Waals surface area (Å²) >= 11 is 0. The third kappa shape index (κ3) is 11.4. The first-order chi connectivity index (χ1) is 34.6. The van der Waals surface area contributed by atoms with Gasteiger partial charge >= 0.3 is 29.6 Å². The Labute approximate surface area is 453 Å². The Morgan fingerprint density at radius 1 is 0.959 bits per heavy atom. The average Bonchev–Trinajstić information content (AvgIpc) is 3.68. The molecular formula is C59H70N3NaO9S. The number of aliphatic hydroxyl groups is 3. The van der Waals surface area contributed by atoms with Crippen molar-refractivity contribution in [2.24, 2.45) is 52.0 Å². The topological polar surface area (TPSA) is 221 Å². The van der Waals surface area contributed by atoms with Crippen LogP contribution in [-0.4, -0.2) is 69.5 Å². The molecule has 3 aliphatic carbocycles. The van der Waals surface area contributed by atoms with Crippen LogP contribution in [0, 0.1) is 47.3 Å². The summed E-state index contributed by atoms with van der Waals surface area (Å²) in [6.07, 6.45) is 8.99. The molecule has 1 saturated carbocycles. The Balaban J connectivity index is 0.00000656. The van der Waals surface area contributed by atoms with E-state index in [1.807, 2.05) is 72.8 Å². The average molecular weight is 1020 g/mol. The Kier molecular flexibility index (Phi) is 16.3. The van der Waals surface area contributed by atoms with E-state index < -0.39 is 44.6 Å². The third-order valence-electron chi connectivity index (χ3n) is 17.6. The summed E-state index contributed by atoms with van der Waals surface area (Å²) in [7, 11) is -4.93. The van der Waals surface area contributed by atoms with Gasteiger partial charge in [0, 0.05) is 42.7 Å². The summed E-state index contributed by atoms with van der Waals surface area (Å²) in [5.74, 6) is 5.09. The molecule has 73 heavy (non-hydrogen) atoms. The number of ether oxygens (including phenoxy) is 2. The van der Waals surface area contributed by atoms with Crippen molar-refractivity contribution in [1.82, 2.24) is 0 Å². The molecule has 0 aromatic heterocycles. The maximum atomic E-state index is 14.2. The zero-order valence-corrected chi connectivity index (χ0v) is 45.1. The number of aliphatic hydroxyl groups excluding tert-OH is 2. The van der Waals surface area contributed by atoms with Crippen LogP contribution in [0.5, 0.6) is 11.5 Å². The molecule has 14 heteroatoms. The van der Waals surface area contributed by atoms with Gasteiger partial charge in [-0.25, -0.2) is 13.4 Å². The first kappa shape index (κ1) is 53.6. The molecule has 0 radical (unpaired) electrons. The van der Waals surface area contributed by atoms with Crippen LogP contribution in [-0.2, 0) is 33.4 Å². The number of phenols is 1. The number of fused-ring (bicyclic) bond motifs is 9. The number of benzene rings is 4. The molecule has 13 atom stereocenters. The molecule has 8 N–H and O–H groups in total. The van der Waals surface area contributed by atoms with Gasteiger partial charge in [0.15, 0.2) is 5.96 Å². The molecule has 12 rings (SSSR count). The zero-order valence-electron chi connectivity index (χ0n) is 42.2. The van der Waals surface area contributed by atoms with Crippen LogP contribution in [0.4, 0.5) is 0 Å². The van der Waals surface area contributed by atoms with Crippen molar-refractivity contribution in [3.63, 3.8) is 0 Å². The molecule has 0 unspecified atom stereocenters. The number of rotatable bonds is 11. The molecule has 382 valence electrons. The van der Waals surface area contributed by atoms with Crippen LogP contribution in [0.1, 0.15) is 141 Å². The summed E-state index contributed by atoms with van der Waals surface area (Å²) in [5, 5.41) is 42.6. The van der Waals surface area contributed by atoms with Crippen molar-refractivity contribution in [2.75, 3.05) is 13.2 Å². The maximum absolute atomic E-state index is 14.2. The number of guanidine groups is 1. The van der Waals surface area contributed by atoms with E-state index in [1.54, 1.807) is 12.1 Å². The summed E-state index contributed by atoms with van der Waals surface area (Å²) in [6.45, 7) is 2.16. The first-order valence-corrected chi connectivity index (χ1v) is 27.7. The standard InChI is InChI=1S/C59H71N3O9S.Na/c1-36-12-13-42-29-48-19-21-50(42)52(36)32-54(72(67,68)69)53-31-44-27-43(30-49-26-39(35-64)9-5-11-41-28-47(65)18-20-51(41)56(44)70-49)55(53)40-14-16-45(17-15-40)59(71-48,62-57(60)61)34-46(25-37-7-3-2-4-8-37)58(66)23-22-38(33-58)10-6-24-63;/h2-4,7-8,14-21,28-29,31,36,38-39,43,46,49,52-56,63-66H,6,9-10,12-13,22-27,30,32-35H2,1H3,(H4,60,61,62)(H,67,68,69);/q;+1/p-1/t36-,38+,39+,43-,46-,49-,52+,53-,54-,55+,56-,58+,59-;/m1./s1. The molecule has 12 nitrogen and oxygen atoms in total. The smallest absolute Gasteiger partial charge is 0.748 e. The minimum atomic E-state index is -4.93. The number of nitrogens with zero attached hydrogens (tertiary/aromatic N) is 1. The number of phenolic OH excluding ortho intramolecular Hbond substituents is 1. The Bertz CT molecular complexity index is 2850. The molecule has 0 spiro atoms. The van der Waals surface area contributed by atoms with Crippen LogP contribution >= 0.6 is 0 Å². The van der Waals surface area contributed by atoms with E-state index in [1.165, 1.54) is 0 Å². The number of hydrogen-bond acceptors (Lipinski definition) is 10. The molecule has 5 heterocycles. The number of hydrogen-bond donors (Lipinski definition) is 6. The van der Waals surface area contributed by atoms with Crippen molar-refractivity contribution < 1.29 is 72.4 Å². The van der Waals surface area contributed by atoms with Gasteiger partial charge in [-0.2, -0.15) is 0 Å². The van der Waals surface area contributed by atoms with Gasteiger partial charge in [0.1, 0.15) is 17.6 Å². The van der Waals surface area contributed by atoms with Gasteiger partial charge in [-0.15, -0.1) is 0 Å². The zero-order chi connectivity index (χ0) is 50.4. The van der Waals surface area contributed by atoms with E-state index in [0.29, 0.717) is 68.2 Å². The Morgan fingerprint density at radius 3 is 2.48 bits per heavy atom. The van der Waals surface area contributed by atoms with Crippen molar-refractivity contribution in [3.05, 3.63) is 142 Å². The molecule has 8 aliphatic rings. The number of allylic oxidation sites excluding steroid dienone is 1. The summed E-state index contributed by atoms with van der Waals surface area (Å²) in [5.41, 5.74) is 17.1. The summed E-state index contributed by atoms with van der Waals surface area (Å²) < 4.78 is 57.1. The fourth-order valence-electron chi connectivity index (χ4n) is 14.0. The predicted octanol–water partition coefficient (Wildman–Crippen LogP) is 5.37. The van der Waals surface area contributed by atoms with E-state index in [0.717, 1.165) is 59.1 Å². The minimum absolute atomic E-state index is 0. The second-order valence-electron chi connectivity index (χ2n) is 22.2.